The van der Waals surface area contributed by atoms with E-state index >= 15 is 0 Å². The van der Waals surface area contributed by atoms with Gasteiger partial charge in [0, 0.05) is 6.42 Å². The Balaban J connectivity index is 4.28. The summed E-state index contributed by atoms with van der Waals surface area (Å²) in [6.07, 6.45) is -4.40. The molecule has 0 rings (SSSR count). The fourth-order valence-corrected chi connectivity index (χ4v) is 2.33. The van der Waals surface area contributed by atoms with Crippen molar-refractivity contribution < 1.29 is 34.4 Å². The molecule has 0 spiro atoms. The number of carbonyl (C=O) groups is 1. The molecule has 0 aromatic heterocycles. The molecular formula is C10H21NO7P+. The molecule has 0 aromatic rings. The van der Waals surface area contributed by atoms with E-state index in [0.717, 1.165) is 0 Å². The van der Waals surface area contributed by atoms with E-state index in [2.05, 4.69) is 0 Å². The van der Waals surface area contributed by atoms with Gasteiger partial charge in [-0.05, 0) is 18.4 Å². The predicted molar refractivity (Wildman–Crippen MR) is 65.9 cm³/mol. The van der Waals surface area contributed by atoms with Crippen LogP contribution in [0.5, 0.6) is 0 Å². The first-order valence-electron chi connectivity index (χ1n) is 5.87. The zero-order valence-corrected chi connectivity index (χ0v) is 11.8. The first-order chi connectivity index (χ1) is 8.83. The number of hydrogen-bond acceptors (Lipinski definition) is 7. The van der Waals surface area contributed by atoms with Crippen molar-refractivity contribution in [3.05, 3.63) is 0 Å². The van der Waals surface area contributed by atoms with E-state index in [1.807, 2.05) is 0 Å². The van der Waals surface area contributed by atoms with Crippen LogP contribution in [0.1, 0.15) is 20.3 Å². The van der Waals surface area contributed by atoms with Crippen LogP contribution in [-0.2, 0) is 13.9 Å². The Bertz CT molecular complexity index is 291. The van der Waals surface area contributed by atoms with Crippen molar-refractivity contribution >= 4 is 14.4 Å². The quantitative estimate of drug-likeness (QED) is 0.185. The molecule has 5 atom stereocenters. The van der Waals surface area contributed by atoms with Gasteiger partial charge in [-0.25, -0.2) is 5.06 Å². The fraction of sp³-hybridized carbons (Fsp3) is 0.900. The summed E-state index contributed by atoms with van der Waals surface area (Å²) in [7, 11) is -1.96. The topological polar surface area (TPSA) is 128 Å². The summed E-state index contributed by atoms with van der Waals surface area (Å²) < 4.78 is 16.4. The maximum atomic E-state index is 11.5. The normalized spacial score (nSPS) is 18.3. The molecule has 0 aromatic carbocycles. The highest BCUT2D eigenvalue weighted by atomic mass is 31.1. The number of aliphatic hydroxyl groups excluding tert-OH is 3. The number of carbonyl (C=O) groups excluding carboxylic acids is 1. The second-order valence-electron chi connectivity index (χ2n) is 4.14. The van der Waals surface area contributed by atoms with Gasteiger partial charge in [-0.1, -0.05) is 0 Å². The smallest absolute Gasteiger partial charge is 0.390 e. The van der Waals surface area contributed by atoms with Crippen molar-refractivity contribution in [3.63, 3.8) is 0 Å². The van der Waals surface area contributed by atoms with Crippen molar-refractivity contribution in [2.24, 2.45) is 0 Å². The lowest BCUT2D eigenvalue weighted by atomic mass is 10.0. The number of amides is 1. The Labute approximate surface area is 112 Å². The molecule has 0 aliphatic carbocycles. The zero-order chi connectivity index (χ0) is 15.0. The van der Waals surface area contributed by atoms with Gasteiger partial charge in [-0.3, -0.25) is 10.0 Å². The Morgan fingerprint density at radius 3 is 2.37 bits per heavy atom. The van der Waals surface area contributed by atoms with Gasteiger partial charge in [0.25, 0.3) is 0 Å². The SMILES string of the molecule is CCO[P+](=O)C(C)C[C@@H](O)[C@@H](O)[C@@H](O)CN(O)C=O. The van der Waals surface area contributed by atoms with E-state index in [-0.39, 0.29) is 24.5 Å². The van der Waals surface area contributed by atoms with Gasteiger partial charge in [-0.15, -0.1) is 4.52 Å². The predicted octanol–water partition coefficient (Wildman–Crippen LogP) is -0.526. The Kier molecular flexibility index (Phi) is 8.99. The summed E-state index contributed by atoms with van der Waals surface area (Å²) in [6, 6.07) is 0. The maximum Gasteiger partial charge on any atom is 0.511 e. The molecule has 9 heteroatoms. The van der Waals surface area contributed by atoms with Crippen LogP contribution in [0, 0.1) is 0 Å². The van der Waals surface area contributed by atoms with Crippen LogP contribution in [0.2, 0.25) is 0 Å². The first-order valence-corrected chi connectivity index (χ1v) is 7.12. The third kappa shape index (κ3) is 6.91. The number of hydroxylamine groups is 2. The van der Waals surface area contributed by atoms with Crippen LogP contribution >= 0.6 is 8.03 Å². The summed E-state index contributed by atoms with van der Waals surface area (Å²) >= 11 is 0. The number of nitrogens with zero attached hydrogens (tertiary/aromatic N) is 1. The molecular weight excluding hydrogens is 277 g/mol. The molecule has 0 saturated carbocycles. The van der Waals surface area contributed by atoms with Crippen LogP contribution in [0.15, 0.2) is 0 Å². The van der Waals surface area contributed by atoms with Gasteiger partial charge in [0.15, 0.2) is 5.66 Å². The number of rotatable bonds is 10. The number of aliphatic hydroxyl groups is 3. The highest BCUT2D eigenvalue weighted by molar-refractivity contribution is 7.40. The summed E-state index contributed by atoms with van der Waals surface area (Å²) in [5, 5.41) is 37.8. The molecule has 0 fully saturated rings. The fourth-order valence-electron chi connectivity index (χ4n) is 1.43. The Morgan fingerprint density at radius 2 is 1.89 bits per heavy atom. The Hall–Kier alpha value is -0.630. The molecule has 0 radical (unpaired) electrons. The molecule has 1 amide bonds. The minimum absolute atomic E-state index is 0.0417. The molecule has 0 heterocycles. The number of hydrogen-bond donors (Lipinski definition) is 4. The third-order valence-corrected chi connectivity index (χ3v) is 3.93. The van der Waals surface area contributed by atoms with Crippen LogP contribution < -0.4 is 0 Å². The average Bonchev–Trinajstić information content (AvgIpc) is 2.37. The van der Waals surface area contributed by atoms with E-state index in [1.165, 1.54) is 0 Å². The van der Waals surface area contributed by atoms with Crippen molar-refractivity contribution in [1.29, 1.82) is 0 Å². The molecule has 0 bridgehead atoms. The van der Waals surface area contributed by atoms with Crippen molar-refractivity contribution in [2.75, 3.05) is 13.2 Å². The van der Waals surface area contributed by atoms with Gasteiger partial charge >= 0.3 is 8.03 Å². The van der Waals surface area contributed by atoms with E-state index in [9.17, 15) is 24.7 Å². The van der Waals surface area contributed by atoms with E-state index < -0.39 is 38.5 Å². The second-order valence-corrected chi connectivity index (χ2v) is 5.85. The molecule has 112 valence electrons. The van der Waals surface area contributed by atoms with E-state index in [4.69, 9.17) is 9.73 Å². The van der Waals surface area contributed by atoms with Gasteiger partial charge in [-0.2, -0.15) is 0 Å². The van der Waals surface area contributed by atoms with Gasteiger partial charge in [0.1, 0.15) is 12.2 Å². The minimum Gasteiger partial charge on any atom is -0.390 e. The van der Waals surface area contributed by atoms with Gasteiger partial charge < -0.3 is 15.3 Å². The lowest BCUT2D eigenvalue weighted by Crippen LogP contribution is -2.44. The minimum atomic E-state index is -1.96. The highest BCUT2D eigenvalue weighted by Gasteiger charge is 2.34. The molecule has 8 nitrogen and oxygen atoms in total. The van der Waals surface area contributed by atoms with Gasteiger partial charge in [0.05, 0.1) is 19.3 Å². The third-order valence-electron chi connectivity index (χ3n) is 2.48. The summed E-state index contributed by atoms with van der Waals surface area (Å²) in [5.41, 5.74) is -0.497. The van der Waals surface area contributed by atoms with Crippen LogP contribution in [-0.4, -0.2) is 69.1 Å². The summed E-state index contributed by atoms with van der Waals surface area (Å²) in [4.78, 5) is 10.1. The largest absolute Gasteiger partial charge is 0.511 e. The standard InChI is InChI=1S/C10H21NO7P/c1-3-18-19(17)7(2)4-8(13)10(15)9(14)5-11(16)6-12/h6-10,13-16H,3-5H2,1-2H3/q+1/t7?,8-,9+,10-/m1/s1. The van der Waals surface area contributed by atoms with Crippen LogP contribution in [0.4, 0.5) is 0 Å². The monoisotopic (exact) mass is 298 g/mol. The lowest BCUT2D eigenvalue weighted by molar-refractivity contribution is -0.163. The molecule has 19 heavy (non-hydrogen) atoms. The molecule has 0 aliphatic rings. The summed E-state index contributed by atoms with van der Waals surface area (Å²) in [6.45, 7) is 3.01. The van der Waals surface area contributed by atoms with E-state index in [1.54, 1.807) is 13.8 Å². The van der Waals surface area contributed by atoms with Crippen molar-refractivity contribution in [3.8, 4) is 0 Å². The molecule has 2 unspecified atom stereocenters. The Morgan fingerprint density at radius 1 is 1.32 bits per heavy atom. The maximum absolute atomic E-state index is 11.5. The zero-order valence-electron chi connectivity index (χ0n) is 10.9. The molecule has 0 aliphatic heterocycles. The van der Waals surface area contributed by atoms with Crippen LogP contribution in [0.3, 0.4) is 0 Å². The second kappa shape index (κ2) is 9.30. The van der Waals surface area contributed by atoms with Gasteiger partial charge in [0.2, 0.25) is 6.41 Å². The summed E-state index contributed by atoms with van der Waals surface area (Å²) in [5.74, 6) is 0. The van der Waals surface area contributed by atoms with Crippen LogP contribution in [0.25, 0.3) is 0 Å². The average molecular weight is 298 g/mol. The van der Waals surface area contributed by atoms with Crippen molar-refractivity contribution in [2.45, 2.75) is 44.2 Å². The van der Waals surface area contributed by atoms with Crippen molar-refractivity contribution in [1.82, 2.24) is 5.06 Å². The first kappa shape index (κ1) is 18.4. The molecule has 4 N–H and O–H groups in total. The highest BCUT2D eigenvalue weighted by Crippen LogP contribution is 2.32. The van der Waals surface area contributed by atoms with E-state index in [0.29, 0.717) is 0 Å². The lowest BCUT2D eigenvalue weighted by Gasteiger charge is -2.24. The molecule has 0 saturated heterocycles.